The molecule has 1 aromatic carbocycles. The van der Waals surface area contributed by atoms with E-state index < -0.39 is 0 Å². The number of carbonyl (C=O) groups is 2. The number of Topliss-reactive ketones (excluding diaryl/α,β-unsaturated/α-hetero) is 1. The SMILES string of the molecule is C=CC.C=CC1=C(C)c2cccc(NC)c2C1=O.C=O.CC1=CC(Cl)=C(N)/C2=C/C/C(O)=C\C=CC12. The number of allylic oxidation sites excluding steroid dienone is 12. The van der Waals surface area contributed by atoms with E-state index >= 15 is 0 Å². The summed E-state index contributed by atoms with van der Waals surface area (Å²) in [4.78, 5) is 20.0. The van der Waals surface area contributed by atoms with Crippen molar-refractivity contribution >= 4 is 35.4 Å². The van der Waals surface area contributed by atoms with Gasteiger partial charge in [-0.3, -0.25) is 4.79 Å². The molecule has 0 heterocycles. The van der Waals surface area contributed by atoms with Crippen LogP contribution in [0.2, 0.25) is 0 Å². The van der Waals surface area contributed by atoms with Crippen molar-refractivity contribution < 1.29 is 14.7 Å². The van der Waals surface area contributed by atoms with Crippen LogP contribution in [0.25, 0.3) is 5.57 Å². The molecule has 0 spiro atoms. The predicted molar refractivity (Wildman–Crippen MR) is 153 cm³/mol. The molecule has 4 N–H and O–H groups in total. The lowest BCUT2D eigenvalue weighted by Crippen LogP contribution is -2.16. The van der Waals surface area contributed by atoms with E-state index in [9.17, 15) is 9.90 Å². The standard InChI is InChI=1S/C13H14ClNO.C13H13NO.C3H6.CH2O/c1-8-7-12(14)13(15)11-6-5-9(16)3-2-4-10(8)11;1-4-9-8(2)10-6-5-7-11(14-3)12(10)13(9)15;1-3-2;1-2/h2-4,6-7,10,16H,5,15H2,1H3;4-7,14H,1H2,2-3H3;3H,1H2,2H3;1H2/b4-2?,9-3+,11-6+;;;. The minimum absolute atomic E-state index is 0.0717. The van der Waals surface area contributed by atoms with Gasteiger partial charge in [-0.2, -0.15) is 0 Å². The molecule has 0 amide bonds. The van der Waals surface area contributed by atoms with E-state index in [1.807, 2.05) is 77.1 Å². The van der Waals surface area contributed by atoms with Crippen molar-refractivity contribution in [3.05, 3.63) is 118 Å². The summed E-state index contributed by atoms with van der Waals surface area (Å²) in [6.45, 7) is 14.9. The number of ketones is 1. The Hall–Kier alpha value is -3.83. The van der Waals surface area contributed by atoms with Gasteiger partial charge in [0.2, 0.25) is 0 Å². The number of rotatable bonds is 2. The second-order valence-electron chi connectivity index (χ2n) is 7.99. The highest BCUT2D eigenvalue weighted by molar-refractivity contribution is 6.32. The van der Waals surface area contributed by atoms with Gasteiger partial charge in [0.1, 0.15) is 6.79 Å². The van der Waals surface area contributed by atoms with Crippen LogP contribution in [0, 0.1) is 5.92 Å². The molecule has 1 unspecified atom stereocenters. The fourth-order valence-corrected chi connectivity index (χ4v) is 4.27. The first-order valence-corrected chi connectivity index (χ1v) is 11.7. The molecule has 0 radical (unpaired) electrons. The average molecular weight is 507 g/mol. The average Bonchev–Trinajstić information content (AvgIpc) is 3.11. The van der Waals surface area contributed by atoms with Gasteiger partial charge >= 0.3 is 0 Å². The van der Waals surface area contributed by atoms with Crippen molar-refractivity contribution in [2.75, 3.05) is 12.4 Å². The molecular formula is C30H35ClN2O3. The molecule has 0 aliphatic heterocycles. The van der Waals surface area contributed by atoms with Gasteiger partial charge < -0.3 is 21.0 Å². The number of halogens is 1. The predicted octanol–water partition coefficient (Wildman–Crippen LogP) is 7.19. The van der Waals surface area contributed by atoms with Crippen LogP contribution in [0.5, 0.6) is 0 Å². The molecule has 4 rings (SSSR count). The summed E-state index contributed by atoms with van der Waals surface area (Å²) < 4.78 is 0. The number of nitrogens with two attached hydrogens (primary N) is 1. The molecule has 36 heavy (non-hydrogen) atoms. The Balaban J connectivity index is 0.000000306. The van der Waals surface area contributed by atoms with Crippen molar-refractivity contribution in [2.45, 2.75) is 27.2 Å². The van der Waals surface area contributed by atoms with Gasteiger partial charge in [0.25, 0.3) is 0 Å². The molecule has 1 atom stereocenters. The molecule has 5 nitrogen and oxygen atoms in total. The molecule has 3 aliphatic rings. The van der Waals surface area contributed by atoms with Gasteiger partial charge in [-0.15, -0.1) is 6.58 Å². The topological polar surface area (TPSA) is 92.4 Å². The monoisotopic (exact) mass is 506 g/mol. The summed E-state index contributed by atoms with van der Waals surface area (Å²) in [5.74, 6) is 0.577. The Labute approximate surface area is 219 Å². The minimum Gasteiger partial charge on any atom is -0.512 e. The van der Waals surface area contributed by atoms with Gasteiger partial charge in [-0.25, -0.2) is 0 Å². The first kappa shape index (κ1) is 30.2. The Kier molecular flexibility index (Phi) is 12.2. The molecule has 0 aromatic heterocycles. The number of hydrogen-bond acceptors (Lipinski definition) is 5. The first-order chi connectivity index (χ1) is 17.2. The van der Waals surface area contributed by atoms with Crippen LogP contribution in [0.4, 0.5) is 5.69 Å². The lowest BCUT2D eigenvalue weighted by molar-refractivity contribution is -0.0980. The number of fused-ring (bicyclic) bond motifs is 2. The van der Waals surface area contributed by atoms with E-state index in [4.69, 9.17) is 22.1 Å². The molecule has 3 aliphatic carbocycles. The number of benzene rings is 1. The summed E-state index contributed by atoms with van der Waals surface area (Å²) in [5.41, 5.74) is 13.1. The van der Waals surface area contributed by atoms with E-state index in [0.717, 1.165) is 33.5 Å². The summed E-state index contributed by atoms with van der Waals surface area (Å²) in [6, 6.07) is 5.84. The molecule has 6 heteroatoms. The summed E-state index contributed by atoms with van der Waals surface area (Å²) in [6.07, 6.45) is 13.3. The number of hydrogen-bond donors (Lipinski definition) is 3. The Bertz CT molecular complexity index is 1200. The van der Waals surface area contributed by atoms with Crippen LogP contribution in [0.3, 0.4) is 0 Å². The molecule has 0 bridgehead atoms. The zero-order valence-corrected chi connectivity index (χ0v) is 22.2. The molecular weight excluding hydrogens is 472 g/mol. The maximum absolute atomic E-state index is 12.0. The van der Waals surface area contributed by atoms with Crippen LogP contribution in [-0.4, -0.2) is 24.7 Å². The third kappa shape index (κ3) is 6.86. The first-order valence-electron chi connectivity index (χ1n) is 11.4. The van der Waals surface area contributed by atoms with Gasteiger partial charge in [-0.05, 0) is 55.7 Å². The van der Waals surface area contributed by atoms with Crippen LogP contribution in [-0.2, 0) is 4.79 Å². The normalized spacial score (nSPS) is 20.4. The van der Waals surface area contributed by atoms with E-state index in [0.29, 0.717) is 28.5 Å². The van der Waals surface area contributed by atoms with Crippen LogP contribution in [0.1, 0.15) is 43.1 Å². The summed E-state index contributed by atoms with van der Waals surface area (Å²) >= 11 is 6.05. The molecule has 0 fully saturated rings. The van der Waals surface area contributed by atoms with E-state index in [1.54, 1.807) is 18.2 Å². The second-order valence-corrected chi connectivity index (χ2v) is 8.40. The number of aliphatic hydroxyl groups is 1. The van der Waals surface area contributed by atoms with Crippen molar-refractivity contribution in [1.82, 2.24) is 0 Å². The zero-order valence-electron chi connectivity index (χ0n) is 21.4. The Morgan fingerprint density at radius 3 is 2.44 bits per heavy atom. The minimum atomic E-state index is 0.0717. The van der Waals surface area contributed by atoms with Crippen LogP contribution >= 0.6 is 11.6 Å². The van der Waals surface area contributed by atoms with Crippen molar-refractivity contribution in [1.29, 1.82) is 0 Å². The number of carbonyl (C=O) groups excluding carboxylic acids is 2. The van der Waals surface area contributed by atoms with Gasteiger partial charge in [-0.1, -0.05) is 66.3 Å². The quantitative estimate of drug-likeness (QED) is 0.369. The number of anilines is 1. The van der Waals surface area contributed by atoms with Crippen molar-refractivity contribution in [3.8, 4) is 0 Å². The zero-order chi connectivity index (χ0) is 27.4. The lowest BCUT2D eigenvalue weighted by Gasteiger charge is -2.24. The van der Waals surface area contributed by atoms with Crippen molar-refractivity contribution in [2.24, 2.45) is 11.7 Å². The fourth-order valence-electron chi connectivity index (χ4n) is 3.98. The van der Waals surface area contributed by atoms with Gasteiger partial charge in [0.15, 0.2) is 5.78 Å². The van der Waals surface area contributed by atoms with E-state index in [2.05, 4.69) is 18.5 Å². The summed E-state index contributed by atoms with van der Waals surface area (Å²) in [5, 5.41) is 13.1. The number of nitrogens with one attached hydrogen (secondary N) is 1. The molecule has 190 valence electrons. The van der Waals surface area contributed by atoms with Gasteiger partial charge in [0.05, 0.1) is 22.1 Å². The van der Waals surface area contributed by atoms with Crippen molar-refractivity contribution in [3.63, 3.8) is 0 Å². The highest BCUT2D eigenvalue weighted by atomic mass is 35.5. The lowest BCUT2D eigenvalue weighted by atomic mass is 9.84. The van der Waals surface area contributed by atoms with Gasteiger partial charge in [0, 0.05) is 30.6 Å². The Morgan fingerprint density at radius 2 is 1.86 bits per heavy atom. The third-order valence-electron chi connectivity index (χ3n) is 5.69. The summed E-state index contributed by atoms with van der Waals surface area (Å²) in [7, 11) is 1.82. The highest BCUT2D eigenvalue weighted by Gasteiger charge is 2.27. The maximum Gasteiger partial charge on any atom is 0.195 e. The van der Waals surface area contributed by atoms with Crippen LogP contribution in [0.15, 0.2) is 107 Å². The molecule has 0 saturated heterocycles. The van der Waals surface area contributed by atoms with E-state index in [-0.39, 0.29) is 11.7 Å². The third-order valence-corrected chi connectivity index (χ3v) is 6.00. The smallest absolute Gasteiger partial charge is 0.195 e. The fraction of sp³-hybridized carbons (Fsp3) is 0.200. The maximum atomic E-state index is 12.0. The second kappa shape index (κ2) is 14.5. The van der Waals surface area contributed by atoms with E-state index in [1.165, 1.54) is 0 Å². The number of aliphatic hydroxyl groups excluding tert-OH is 1. The van der Waals surface area contributed by atoms with Crippen LogP contribution < -0.4 is 11.1 Å². The molecule has 0 saturated carbocycles. The largest absolute Gasteiger partial charge is 0.512 e. The highest BCUT2D eigenvalue weighted by Crippen LogP contribution is 2.37. The Morgan fingerprint density at radius 1 is 1.22 bits per heavy atom. The molecule has 1 aromatic rings.